The molecule has 1 heteroatoms. The average Bonchev–Trinajstić information content (AvgIpc) is 2.03. The second-order valence-electron chi connectivity index (χ2n) is 3.99. The van der Waals surface area contributed by atoms with Crippen LogP contribution in [0.1, 0.15) is 36.7 Å². The van der Waals surface area contributed by atoms with Crippen LogP contribution in [0.3, 0.4) is 0 Å². The smallest absolute Gasteiger partial charge is 0.150 e. The van der Waals surface area contributed by atoms with Gasteiger partial charge >= 0.3 is 0 Å². The molecular weight excluding hydrogens is 148 g/mol. The molecule has 0 aliphatic rings. The van der Waals surface area contributed by atoms with Crippen LogP contribution in [-0.2, 0) is 5.41 Å². The van der Waals surface area contributed by atoms with Crippen molar-refractivity contribution in [2.45, 2.75) is 26.2 Å². The third-order valence-electron chi connectivity index (χ3n) is 1.89. The average molecular weight is 162 g/mol. The van der Waals surface area contributed by atoms with E-state index in [1.165, 1.54) is 5.56 Å². The van der Waals surface area contributed by atoms with Crippen LogP contribution in [0.25, 0.3) is 0 Å². The summed E-state index contributed by atoms with van der Waals surface area (Å²) in [6.45, 7) is 6.41. The molecule has 1 aromatic rings. The van der Waals surface area contributed by atoms with Gasteiger partial charge in [-0.1, -0.05) is 39.0 Å². The van der Waals surface area contributed by atoms with Crippen molar-refractivity contribution in [2.24, 2.45) is 0 Å². The molecule has 0 fully saturated rings. The molecule has 0 saturated heterocycles. The molecular formula is C11H14O. The number of rotatable bonds is 1. The zero-order valence-corrected chi connectivity index (χ0v) is 7.79. The van der Waals surface area contributed by atoms with E-state index in [2.05, 4.69) is 20.8 Å². The Bertz CT molecular complexity index is 281. The van der Waals surface area contributed by atoms with Crippen molar-refractivity contribution in [3.63, 3.8) is 0 Å². The summed E-state index contributed by atoms with van der Waals surface area (Å²) in [5.74, 6) is 0. The van der Waals surface area contributed by atoms with Crippen LogP contribution in [0, 0.1) is 0 Å². The zero-order valence-electron chi connectivity index (χ0n) is 7.79. The molecule has 0 N–H and O–H groups in total. The number of aldehydes is 1. The second kappa shape index (κ2) is 3.10. The van der Waals surface area contributed by atoms with Crippen molar-refractivity contribution in [1.29, 1.82) is 0 Å². The Kier molecular flexibility index (Phi) is 2.32. The standard InChI is InChI=1S/C11H14O/c1-11(2,3)10-6-4-5-9(7-10)8-12/h4-8H,1-3H3. The van der Waals surface area contributed by atoms with E-state index in [1.54, 1.807) is 0 Å². The van der Waals surface area contributed by atoms with E-state index in [9.17, 15) is 4.79 Å². The quantitative estimate of drug-likeness (QED) is 0.580. The van der Waals surface area contributed by atoms with Crippen LogP contribution in [-0.4, -0.2) is 6.29 Å². The van der Waals surface area contributed by atoms with E-state index in [4.69, 9.17) is 0 Å². The van der Waals surface area contributed by atoms with Crippen molar-refractivity contribution in [2.75, 3.05) is 0 Å². The predicted octanol–water partition coefficient (Wildman–Crippen LogP) is 2.80. The monoisotopic (exact) mass is 162 g/mol. The van der Waals surface area contributed by atoms with Crippen LogP contribution < -0.4 is 0 Å². The molecule has 64 valence electrons. The highest BCUT2D eigenvalue weighted by molar-refractivity contribution is 5.75. The number of carbonyl (C=O) groups excluding carboxylic acids is 1. The Morgan fingerprint density at radius 2 is 1.92 bits per heavy atom. The molecule has 0 spiro atoms. The highest BCUT2D eigenvalue weighted by Gasteiger charge is 2.12. The fraction of sp³-hybridized carbons (Fsp3) is 0.364. The lowest BCUT2D eigenvalue weighted by atomic mass is 9.86. The van der Waals surface area contributed by atoms with Gasteiger partial charge in [-0.05, 0) is 17.0 Å². The van der Waals surface area contributed by atoms with Gasteiger partial charge in [-0.3, -0.25) is 4.79 Å². The van der Waals surface area contributed by atoms with Crippen molar-refractivity contribution in [3.05, 3.63) is 35.4 Å². The Hall–Kier alpha value is -1.11. The third kappa shape index (κ3) is 1.94. The molecule has 0 atom stereocenters. The van der Waals surface area contributed by atoms with Crippen molar-refractivity contribution in [1.82, 2.24) is 0 Å². The SMILES string of the molecule is CC(C)(C)c1cccc(C=O)c1. The van der Waals surface area contributed by atoms with E-state index >= 15 is 0 Å². The lowest BCUT2D eigenvalue weighted by Gasteiger charge is -2.18. The van der Waals surface area contributed by atoms with E-state index in [1.807, 2.05) is 24.3 Å². The van der Waals surface area contributed by atoms with Crippen LogP contribution in [0.5, 0.6) is 0 Å². The van der Waals surface area contributed by atoms with Gasteiger partial charge in [0.2, 0.25) is 0 Å². The van der Waals surface area contributed by atoms with E-state index in [-0.39, 0.29) is 5.41 Å². The predicted molar refractivity (Wildman–Crippen MR) is 50.5 cm³/mol. The first kappa shape index (κ1) is 8.98. The lowest BCUT2D eigenvalue weighted by Crippen LogP contribution is -2.10. The molecule has 0 saturated carbocycles. The topological polar surface area (TPSA) is 17.1 Å². The molecule has 0 bridgehead atoms. The molecule has 0 aliphatic carbocycles. The summed E-state index contributed by atoms with van der Waals surface area (Å²) >= 11 is 0. The second-order valence-corrected chi connectivity index (χ2v) is 3.99. The summed E-state index contributed by atoms with van der Waals surface area (Å²) in [7, 11) is 0. The van der Waals surface area contributed by atoms with Gasteiger partial charge in [0.25, 0.3) is 0 Å². The van der Waals surface area contributed by atoms with Crippen LogP contribution >= 0.6 is 0 Å². The van der Waals surface area contributed by atoms with Crippen molar-refractivity contribution in [3.8, 4) is 0 Å². The Morgan fingerprint density at radius 1 is 1.25 bits per heavy atom. The summed E-state index contributed by atoms with van der Waals surface area (Å²) in [6.07, 6.45) is 0.884. The zero-order chi connectivity index (χ0) is 9.19. The lowest BCUT2D eigenvalue weighted by molar-refractivity contribution is 0.112. The number of benzene rings is 1. The van der Waals surface area contributed by atoms with Crippen LogP contribution in [0.15, 0.2) is 24.3 Å². The molecule has 0 heterocycles. The molecule has 0 aromatic heterocycles. The fourth-order valence-electron chi connectivity index (χ4n) is 1.08. The summed E-state index contributed by atoms with van der Waals surface area (Å²) in [4.78, 5) is 10.5. The largest absolute Gasteiger partial charge is 0.298 e. The maximum atomic E-state index is 10.5. The minimum absolute atomic E-state index is 0.124. The van der Waals surface area contributed by atoms with E-state index in [0.29, 0.717) is 0 Å². The number of hydrogen-bond acceptors (Lipinski definition) is 1. The molecule has 0 unspecified atom stereocenters. The van der Waals surface area contributed by atoms with Gasteiger partial charge in [0.05, 0.1) is 0 Å². The minimum Gasteiger partial charge on any atom is -0.298 e. The number of hydrogen-bond donors (Lipinski definition) is 0. The Labute approximate surface area is 73.4 Å². The summed E-state index contributed by atoms with van der Waals surface area (Å²) < 4.78 is 0. The highest BCUT2D eigenvalue weighted by Crippen LogP contribution is 2.22. The molecule has 0 aliphatic heterocycles. The summed E-state index contributed by atoms with van der Waals surface area (Å²) in [5.41, 5.74) is 2.08. The molecule has 0 radical (unpaired) electrons. The molecule has 12 heavy (non-hydrogen) atoms. The van der Waals surface area contributed by atoms with Crippen molar-refractivity contribution >= 4 is 6.29 Å². The maximum Gasteiger partial charge on any atom is 0.150 e. The van der Waals surface area contributed by atoms with Gasteiger partial charge < -0.3 is 0 Å². The number of carbonyl (C=O) groups is 1. The third-order valence-corrected chi connectivity index (χ3v) is 1.89. The van der Waals surface area contributed by atoms with Gasteiger partial charge in [0, 0.05) is 5.56 Å². The Morgan fingerprint density at radius 3 is 2.42 bits per heavy atom. The summed E-state index contributed by atoms with van der Waals surface area (Å²) in [5, 5.41) is 0. The highest BCUT2D eigenvalue weighted by atomic mass is 16.1. The first-order chi connectivity index (χ1) is 5.54. The van der Waals surface area contributed by atoms with Crippen LogP contribution in [0.4, 0.5) is 0 Å². The minimum atomic E-state index is 0.124. The first-order valence-corrected chi connectivity index (χ1v) is 4.10. The van der Waals surface area contributed by atoms with Crippen molar-refractivity contribution < 1.29 is 4.79 Å². The van der Waals surface area contributed by atoms with Gasteiger partial charge in [-0.25, -0.2) is 0 Å². The van der Waals surface area contributed by atoms with Gasteiger partial charge in [0.1, 0.15) is 6.29 Å². The molecule has 0 amide bonds. The molecule has 1 aromatic carbocycles. The summed E-state index contributed by atoms with van der Waals surface area (Å²) in [6, 6.07) is 7.73. The van der Waals surface area contributed by atoms with Gasteiger partial charge in [-0.2, -0.15) is 0 Å². The molecule has 1 nitrogen and oxygen atoms in total. The van der Waals surface area contributed by atoms with Gasteiger partial charge in [-0.15, -0.1) is 0 Å². The maximum absolute atomic E-state index is 10.5. The molecule has 1 rings (SSSR count). The van der Waals surface area contributed by atoms with Crippen LogP contribution in [0.2, 0.25) is 0 Å². The van der Waals surface area contributed by atoms with E-state index < -0.39 is 0 Å². The van der Waals surface area contributed by atoms with E-state index in [0.717, 1.165) is 11.8 Å². The normalized spacial score (nSPS) is 11.2. The Balaban J connectivity index is 3.10. The fourth-order valence-corrected chi connectivity index (χ4v) is 1.08. The first-order valence-electron chi connectivity index (χ1n) is 4.10. The van der Waals surface area contributed by atoms with Gasteiger partial charge in [0.15, 0.2) is 0 Å².